The Morgan fingerprint density at radius 2 is 1.91 bits per heavy atom. The molecule has 0 aliphatic carbocycles. The number of benzene rings is 1. The molecule has 0 atom stereocenters. The average Bonchev–Trinajstić information content (AvgIpc) is 3.22. The molecule has 1 aliphatic heterocycles. The summed E-state index contributed by atoms with van der Waals surface area (Å²) in [4.78, 5) is 26.2. The summed E-state index contributed by atoms with van der Waals surface area (Å²) in [6.07, 6.45) is 2.74. The third-order valence-electron chi connectivity index (χ3n) is 6.44. The molecule has 5 rings (SSSR count). The Morgan fingerprint density at radius 1 is 1.12 bits per heavy atom. The number of rotatable bonds is 4. The van der Waals surface area contributed by atoms with Crippen LogP contribution in [-0.2, 0) is 11.2 Å². The molecule has 166 valence electrons. The molecule has 0 spiro atoms. The van der Waals surface area contributed by atoms with E-state index in [0.717, 1.165) is 39.3 Å². The smallest absolute Gasteiger partial charge is 0.223 e. The van der Waals surface area contributed by atoms with Gasteiger partial charge >= 0.3 is 0 Å². The Balaban J connectivity index is 1.26. The van der Waals surface area contributed by atoms with Crippen molar-refractivity contribution in [2.75, 3.05) is 31.1 Å². The Hall–Kier alpha value is -3.99. The number of aromatic nitrogens is 4. The number of piperazine rings is 1. The van der Waals surface area contributed by atoms with E-state index >= 15 is 0 Å². The van der Waals surface area contributed by atoms with E-state index in [0.29, 0.717) is 44.6 Å². The molecule has 1 amide bonds. The summed E-state index contributed by atoms with van der Waals surface area (Å²) in [5, 5.41) is 14.9. The quantitative estimate of drug-likeness (QED) is 0.485. The van der Waals surface area contributed by atoms with Crippen LogP contribution in [0.25, 0.3) is 16.6 Å². The van der Waals surface area contributed by atoms with Crippen LogP contribution in [0.4, 0.5) is 5.82 Å². The van der Waals surface area contributed by atoms with Gasteiger partial charge in [-0.15, -0.1) is 0 Å². The number of aryl methyl sites for hydroxylation is 2. The van der Waals surface area contributed by atoms with E-state index in [9.17, 15) is 4.79 Å². The number of nitriles is 1. The number of carbonyl (C=O) groups excluding carboxylic acids is 1. The summed E-state index contributed by atoms with van der Waals surface area (Å²) < 4.78 is 1.90. The summed E-state index contributed by atoms with van der Waals surface area (Å²) in [6.45, 7) is 6.77. The second-order valence-corrected chi connectivity index (χ2v) is 8.40. The summed E-state index contributed by atoms with van der Waals surface area (Å²) in [6, 6.07) is 13.7. The molecule has 1 aliphatic rings. The van der Waals surface area contributed by atoms with Crippen LogP contribution in [0.5, 0.6) is 0 Å². The van der Waals surface area contributed by atoms with Gasteiger partial charge in [-0.3, -0.25) is 4.79 Å². The number of amides is 1. The van der Waals surface area contributed by atoms with E-state index in [2.05, 4.69) is 22.9 Å². The van der Waals surface area contributed by atoms with Crippen LogP contribution >= 0.6 is 0 Å². The average molecular weight is 440 g/mol. The highest BCUT2D eigenvalue weighted by Crippen LogP contribution is 2.23. The minimum absolute atomic E-state index is 0.151. The molecule has 4 heterocycles. The van der Waals surface area contributed by atoms with Crippen LogP contribution in [0.2, 0.25) is 0 Å². The largest absolute Gasteiger partial charge is 0.353 e. The van der Waals surface area contributed by atoms with Gasteiger partial charge in [0.1, 0.15) is 5.82 Å². The zero-order chi connectivity index (χ0) is 22.9. The van der Waals surface area contributed by atoms with E-state index in [-0.39, 0.29) is 5.91 Å². The van der Waals surface area contributed by atoms with Crippen molar-refractivity contribution in [1.29, 1.82) is 5.26 Å². The molecule has 4 aromatic rings. The standard InChI is InChI=1S/C25H25N7O/c1-17-20(18(2)32-25(28-17)21-5-3-4-6-22(21)29-32)7-8-24(33)31-13-11-30(12-14-31)23-15-19(16-26)9-10-27-23/h3-6,9-10,15H,7-8,11-14H2,1-2H3. The maximum absolute atomic E-state index is 12.9. The normalized spacial score (nSPS) is 14.1. The van der Waals surface area contributed by atoms with Crippen LogP contribution in [0.1, 0.15) is 28.9 Å². The second kappa shape index (κ2) is 8.51. The van der Waals surface area contributed by atoms with Gasteiger partial charge in [-0.05, 0) is 50.1 Å². The van der Waals surface area contributed by atoms with Crippen molar-refractivity contribution in [2.45, 2.75) is 26.7 Å². The minimum atomic E-state index is 0.151. The van der Waals surface area contributed by atoms with Crippen molar-refractivity contribution in [3.8, 4) is 6.07 Å². The van der Waals surface area contributed by atoms with Crippen molar-refractivity contribution in [3.63, 3.8) is 0 Å². The highest BCUT2D eigenvalue weighted by Gasteiger charge is 2.23. The predicted molar refractivity (Wildman–Crippen MR) is 126 cm³/mol. The van der Waals surface area contributed by atoms with Gasteiger partial charge in [-0.1, -0.05) is 12.1 Å². The first-order chi connectivity index (χ1) is 16.0. The van der Waals surface area contributed by atoms with Gasteiger partial charge < -0.3 is 9.80 Å². The molecular weight excluding hydrogens is 414 g/mol. The summed E-state index contributed by atoms with van der Waals surface area (Å²) >= 11 is 0. The number of nitrogens with zero attached hydrogens (tertiary/aromatic N) is 7. The molecule has 0 bridgehead atoms. The number of fused-ring (bicyclic) bond motifs is 3. The van der Waals surface area contributed by atoms with Crippen LogP contribution in [0.3, 0.4) is 0 Å². The van der Waals surface area contributed by atoms with Crippen LogP contribution in [0.15, 0.2) is 42.6 Å². The van der Waals surface area contributed by atoms with Crippen molar-refractivity contribution >= 4 is 28.3 Å². The number of hydrogen-bond acceptors (Lipinski definition) is 6. The third kappa shape index (κ3) is 3.87. The number of anilines is 1. The monoisotopic (exact) mass is 439 g/mol. The van der Waals surface area contributed by atoms with Crippen molar-refractivity contribution < 1.29 is 4.79 Å². The summed E-state index contributed by atoms with van der Waals surface area (Å²) in [7, 11) is 0. The first-order valence-electron chi connectivity index (χ1n) is 11.2. The maximum atomic E-state index is 12.9. The maximum Gasteiger partial charge on any atom is 0.223 e. The molecule has 1 fully saturated rings. The molecule has 0 N–H and O–H groups in total. The zero-order valence-corrected chi connectivity index (χ0v) is 18.8. The lowest BCUT2D eigenvalue weighted by atomic mass is 10.1. The van der Waals surface area contributed by atoms with Crippen molar-refractivity contribution in [1.82, 2.24) is 24.5 Å². The molecule has 1 aromatic carbocycles. The first kappa shape index (κ1) is 20.9. The fourth-order valence-electron chi connectivity index (χ4n) is 4.57. The molecule has 0 saturated carbocycles. The van der Waals surface area contributed by atoms with Gasteiger partial charge in [0.05, 0.1) is 17.1 Å². The van der Waals surface area contributed by atoms with Gasteiger partial charge in [0.2, 0.25) is 5.91 Å². The van der Waals surface area contributed by atoms with Gasteiger partial charge in [0, 0.05) is 55.6 Å². The molecule has 3 aromatic heterocycles. The molecule has 0 unspecified atom stereocenters. The molecule has 8 heteroatoms. The molecule has 8 nitrogen and oxygen atoms in total. The zero-order valence-electron chi connectivity index (χ0n) is 18.8. The van der Waals surface area contributed by atoms with Crippen molar-refractivity contribution in [2.24, 2.45) is 0 Å². The molecule has 33 heavy (non-hydrogen) atoms. The van der Waals surface area contributed by atoms with E-state index in [4.69, 9.17) is 15.3 Å². The van der Waals surface area contributed by atoms with E-state index in [1.54, 1.807) is 18.3 Å². The summed E-state index contributed by atoms with van der Waals surface area (Å²) in [5.41, 5.74) is 5.45. The highest BCUT2D eigenvalue weighted by atomic mass is 16.2. The van der Waals surface area contributed by atoms with Gasteiger partial charge in [0.15, 0.2) is 5.65 Å². The third-order valence-corrected chi connectivity index (χ3v) is 6.44. The Morgan fingerprint density at radius 3 is 2.70 bits per heavy atom. The summed E-state index contributed by atoms with van der Waals surface area (Å²) in [5.74, 6) is 0.941. The molecule has 1 saturated heterocycles. The minimum Gasteiger partial charge on any atom is -0.353 e. The van der Waals surface area contributed by atoms with E-state index in [1.807, 2.05) is 40.6 Å². The van der Waals surface area contributed by atoms with Crippen LogP contribution < -0.4 is 4.90 Å². The lowest BCUT2D eigenvalue weighted by Crippen LogP contribution is -2.49. The first-order valence-corrected chi connectivity index (χ1v) is 11.2. The highest BCUT2D eigenvalue weighted by molar-refractivity contribution is 5.92. The Labute approximate surface area is 192 Å². The molecular formula is C25H25N7O. The lowest BCUT2D eigenvalue weighted by molar-refractivity contribution is -0.131. The number of pyridine rings is 1. The van der Waals surface area contributed by atoms with Crippen LogP contribution in [0, 0.1) is 25.2 Å². The predicted octanol–water partition coefficient (Wildman–Crippen LogP) is 3.05. The van der Waals surface area contributed by atoms with Crippen molar-refractivity contribution in [3.05, 3.63) is 65.1 Å². The molecule has 0 radical (unpaired) electrons. The van der Waals surface area contributed by atoms with Crippen LogP contribution in [-0.4, -0.2) is 56.6 Å². The fourth-order valence-corrected chi connectivity index (χ4v) is 4.57. The number of hydrogen-bond donors (Lipinski definition) is 0. The second-order valence-electron chi connectivity index (χ2n) is 8.40. The van der Waals surface area contributed by atoms with Gasteiger partial charge in [0.25, 0.3) is 0 Å². The Kier molecular flexibility index (Phi) is 5.38. The number of carbonyl (C=O) groups is 1. The Bertz CT molecular complexity index is 1390. The van der Waals surface area contributed by atoms with E-state index in [1.165, 1.54) is 0 Å². The van der Waals surface area contributed by atoms with Gasteiger partial charge in [-0.25, -0.2) is 14.5 Å². The topological polar surface area (TPSA) is 90.4 Å². The van der Waals surface area contributed by atoms with Gasteiger partial charge in [-0.2, -0.15) is 10.4 Å². The fraction of sp³-hybridized carbons (Fsp3) is 0.320. The van der Waals surface area contributed by atoms with E-state index < -0.39 is 0 Å². The lowest BCUT2D eigenvalue weighted by Gasteiger charge is -2.35. The SMILES string of the molecule is Cc1nc2c3ccccc3nn2c(C)c1CCC(=O)N1CCN(c2cc(C#N)ccn2)CC1.